The third kappa shape index (κ3) is 4.63. The second-order valence-electron chi connectivity index (χ2n) is 15.8. The van der Waals surface area contributed by atoms with Crippen molar-refractivity contribution in [3.63, 3.8) is 0 Å². The molecule has 50 heavy (non-hydrogen) atoms. The van der Waals surface area contributed by atoms with Crippen LogP contribution in [0.2, 0.25) is 0 Å². The highest BCUT2D eigenvalue weighted by Gasteiger charge is 2.83. The molecule has 3 N–H and O–H groups in total. The summed E-state index contributed by atoms with van der Waals surface area (Å²) in [5, 5.41) is 38.7. The lowest BCUT2D eigenvalue weighted by atomic mass is 9.44. The Bertz CT molecular complexity index is 1530. The number of amides is 2. The average molecular weight is 701 g/mol. The Morgan fingerprint density at radius 1 is 0.960 bits per heavy atom. The second kappa shape index (κ2) is 12.6. The largest absolute Gasteiger partial charge is 0.461 e. The van der Waals surface area contributed by atoms with Crippen molar-refractivity contribution in [2.45, 2.75) is 87.7 Å². The predicted molar refractivity (Wildman–Crippen MR) is 178 cm³/mol. The Balaban J connectivity index is 1.34. The molecule has 13 heteroatoms. The van der Waals surface area contributed by atoms with Gasteiger partial charge in [0, 0.05) is 88.9 Å². The quantitative estimate of drug-likeness (QED) is 0.251. The molecule has 2 saturated heterocycles. The van der Waals surface area contributed by atoms with Gasteiger partial charge in [0.15, 0.2) is 0 Å². The standard InChI is InChI=1S/C37H52N2O11/c1-7-38-17-34(19-50-33(43)21-10-8-9-11-23(21)39-26(40)14-20(2)32(39)42)13-12-25(47-4)35(18-38)29(34)28(49-6)31(41)36(44)16-24(46-3)22-15-37(35,45)30(36)27(22)48-5/h8-11,20,22,24-25,27-31,41,44-45H,7,12-19H2,1-6H3/t20-,22?,24-,25-,27-,28-,29+,30?,31-,34-,35?,36+,37-/m0/s1. The van der Waals surface area contributed by atoms with E-state index in [1.165, 1.54) is 7.11 Å². The van der Waals surface area contributed by atoms with E-state index in [4.69, 9.17) is 23.7 Å². The zero-order chi connectivity index (χ0) is 36.0. The number of aliphatic hydroxyl groups is 3. The highest BCUT2D eigenvalue weighted by molar-refractivity contribution is 6.22. The summed E-state index contributed by atoms with van der Waals surface area (Å²) in [7, 11) is 6.29. The summed E-state index contributed by atoms with van der Waals surface area (Å²) >= 11 is 0. The van der Waals surface area contributed by atoms with E-state index in [1.54, 1.807) is 52.5 Å². The van der Waals surface area contributed by atoms with Gasteiger partial charge in [-0.25, -0.2) is 9.69 Å². The van der Waals surface area contributed by atoms with Gasteiger partial charge < -0.3 is 43.9 Å². The zero-order valence-corrected chi connectivity index (χ0v) is 29.9. The first kappa shape index (κ1) is 35.9. The van der Waals surface area contributed by atoms with Gasteiger partial charge in [-0.2, -0.15) is 0 Å². The van der Waals surface area contributed by atoms with E-state index in [9.17, 15) is 29.7 Å². The fraction of sp³-hybridized carbons (Fsp3) is 0.757. The summed E-state index contributed by atoms with van der Waals surface area (Å²) < 4.78 is 30.8. The van der Waals surface area contributed by atoms with Crippen molar-refractivity contribution >= 4 is 23.5 Å². The maximum Gasteiger partial charge on any atom is 0.340 e. The van der Waals surface area contributed by atoms with Crippen molar-refractivity contribution in [1.82, 2.24) is 4.90 Å². The van der Waals surface area contributed by atoms with Crippen molar-refractivity contribution in [2.24, 2.45) is 34.5 Å². The SMILES string of the molecule is CCN1CC23[C@@H](OC)CC[C@@](COC(=O)c4ccccc4N4C(=O)C[C@H](C)C4=O)(C1)[C@H]2[C@H](OC)[C@H](O)[C@@]1(O)C[C@H](OC)C2C[C@]3(O)C1[C@H]2OC. The van der Waals surface area contributed by atoms with Gasteiger partial charge in [-0.05, 0) is 37.9 Å². The number of ether oxygens (including phenoxy) is 5. The van der Waals surface area contributed by atoms with Crippen LogP contribution in [0.25, 0.3) is 0 Å². The summed E-state index contributed by atoms with van der Waals surface area (Å²) in [5.41, 5.74) is -5.09. The van der Waals surface area contributed by atoms with Crippen molar-refractivity contribution in [3.8, 4) is 0 Å². The molecule has 4 aliphatic carbocycles. The molecule has 7 rings (SSSR count). The lowest BCUT2D eigenvalue weighted by Gasteiger charge is -2.68. The third-order valence-corrected chi connectivity index (χ3v) is 13.8. The van der Waals surface area contributed by atoms with Crippen LogP contribution in [0.4, 0.5) is 5.69 Å². The number of para-hydroxylation sites is 1. The van der Waals surface area contributed by atoms with Crippen LogP contribution < -0.4 is 4.90 Å². The molecule has 0 radical (unpaired) electrons. The number of benzene rings is 1. The summed E-state index contributed by atoms with van der Waals surface area (Å²) in [4.78, 5) is 43.2. The zero-order valence-electron chi connectivity index (χ0n) is 29.9. The molecular weight excluding hydrogens is 648 g/mol. The number of fused-ring (bicyclic) bond motifs is 1. The van der Waals surface area contributed by atoms with Gasteiger partial charge in [-0.15, -0.1) is 0 Å². The first-order chi connectivity index (χ1) is 23.8. The van der Waals surface area contributed by atoms with Gasteiger partial charge in [0.25, 0.3) is 0 Å². The van der Waals surface area contributed by atoms with Crippen molar-refractivity contribution in [2.75, 3.05) is 59.6 Å². The minimum Gasteiger partial charge on any atom is -0.461 e. The van der Waals surface area contributed by atoms with Crippen LogP contribution in [0.5, 0.6) is 0 Å². The summed E-state index contributed by atoms with van der Waals surface area (Å²) in [5.74, 6) is -3.68. The van der Waals surface area contributed by atoms with E-state index in [2.05, 4.69) is 4.90 Å². The van der Waals surface area contributed by atoms with Crippen LogP contribution in [0, 0.1) is 34.5 Å². The number of carbonyl (C=O) groups excluding carboxylic acids is 3. The number of esters is 1. The minimum absolute atomic E-state index is 0.0650. The molecule has 4 saturated carbocycles. The number of nitrogens with zero attached hydrogens (tertiary/aromatic N) is 2. The molecule has 13 nitrogen and oxygen atoms in total. The van der Waals surface area contributed by atoms with Gasteiger partial charge in [0.2, 0.25) is 11.8 Å². The highest BCUT2D eigenvalue weighted by atomic mass is 16.5. The fourth-order valence-electron chi connectivity index (χ4n) is 11.9. The number of aliphatic hydroxyl groups excluding tert-OH is 1. The molecule has 2 aliphatic heterocycles. The topological polar surface area (TPSA) is 165 Å². The summed E-state index contributed by atoms with van der Waals surface area (Å²) in [6.07, 6.45) is -2.54. The highest BCUT2D eigenvalue weighted by Crippen LogP contribution is 2.72. The molecule has 276 valence electrons. The number of hydrogen-bond acceptors (Lipinski definition) is 12. The molecule has 13 atom stereocenters. The van der Waals surface area contributed by atoms with E-state index in [-0.39, 0.29) is 54.9 Å². The third-order valence-electron chi connectivity index (χ3n) is 13.8. The molecule has 2 heterocycles. The Kier molecular flexibility index (Phi) is 9.03. The van der Waals surface area contributed by atoms with Crippen LogP contribution >= 0.6 is 0 Å². The number of hydrogen-bond donors (Lipinski definition) is 3. The Morgan fingerprint density at radius 2 is 1.68 bits per heavy atom. The number of anilines is 1. The lowest BCUT2D eigenvalue weighted by molar-refractivity contribution is -0.295. The molecule has 0 aromatic heterocycles. The van der Waals surface area contributed by atoms with Crippen molar-refractivity contribution in [3.05, 3.63) is 29.8 Å². The number of likely N-dealkylation sites (tertiary alicyclic amines) is 1. The number of methoxy groups -OCH3 is 4. The molecule has 4 bridgehead atoms. The van der Waals surface area contributed by atoms with Gasteiger partial charge in [-0.1, -0.05) is 26.0 Å². The molecule has 2 amide bonds. The monoisotopic (exact) mass is 700 g/mol. The van der Waals surface area contributed by atoms with E-state index >= 15 is 0 Å². The average Bonchev–Trinajstić information content (AvgIpc) is 3.51. The first-order valence-electron chi connectivity index (χ1n) is 17.9. The van der Waals surface area contributed by atoms with E-state index in [0.717, 1.165) is 4.90 Å². The minimum atomic E-state index is -1.83. The van der Waals surface area contributed by atoms with Gasteiger partial charge in [0.1, 0.15) is 11.7 Å². The number of rotatable bonds is 9. The van der Waals surface area contributed by atoms with Crippen LogP contribution in [0.1, 0.15) is 56.3 Å². The maximum absolute atomic E-state index is 14.1. The normalized spacial score (nSPS) is 45.4. The van der Waals surface area contributed by atoms with E-state index in [0.29, 0.717) is 32.5 Å². The number of carbonyl (C=O) groups is 3. The van der Waals surface area contributed by atoms with Gasteiger partial charge >= 0.3 is 5.97 Å². The van der Waals surface area contributed by atoms with Gasteiger partial charge in [0.05, 0.1) is 47.9 Å². The van der Waals surface area contributed by atoms with Crippen molar-refractivity contribution in [1.29, 1.82) is 0 Å². The van der Waals surface area contributed by atoms with Crippen LogP contribution in [-0.2, 0) is 33.3 Å². The summed E-state index contributed by atoms with van der Waals surface area (Å²) in [6, 6.07) is 6.45. The lowest BCUT2D eigenvalue weighted by Crippen LogP contribution is -2.77. The maximum atomic E-state index is 14.1. The van der Waals surface area contributed by atoms with E-state index < -0.39 is 76.3 Å². The fourth-order valence-corrected chi connectivity index (χ4v) is 11.9. The van der Waals surface area contributed by atoms with Crippen molar-refractivity contribution < 1.29 is 53.4 Å². The van der Waals surface area contributed by atoms with Crippen LogP contribution in [0.3, 0.4) is 0 Å². The molecule has 6 fully saturated rings. The second-order valence-corrected chi connectivity index (χ2v) is 15.8. The van der Waals surface area contributed by atoms with Crippen LogP contribution in [-0.4, -0.2) is 134 Å². The first-order valence-corrected chi connectivity index (χ1v) is 17.9. The molecule has 1 aromatic carbocycles. The smallest absolute Gasteiger partial charge is 0.340 e. The number of imide groups is 1. The Labute approximate surface area is 293 Å². The Hall–Kier alpha value is -2.49. The number of piperidine rings is 1. The van der Waals surface area contributed by atoms with Crippen LogP contribution in [0.15, 0.2) is 24.3 Å². The molecular formula is C37H52N2O11. The van der Waals surface area contributed by atoms with Gasteiger partial charge in [-0.3, -0.25) is 9.59 Å². The summed E-state index contributed by atoms with van der Waals surface area (Å²) in [6.45, 7) is 5.14. The molecule has 1 aromatic rings. The Morgan fingerprint density at radius 3 is 2.30 bits per heavy atom. The molecule has 0 spiro atoms. The van der Waals surface area contributed by atoms with E-state index in [1.807, 2.05) is 6.92 Å². The predicted octanol–water partition coefficient (Wildman–Crippen LogP) is 1.40. The molecule has 3 unspecified atom stereocenters. The molecule has 6 aliphatic rings.